The van der Waals surface area contributed by atoms with Crippen LogP contribution < -0.4 is 10.5 Å². The molecule has 1 heterocycles. The Bertz CT molecular complexity index is 472. The van der Waals surface area contributed by atoms with E-state index in [4.69, 9.17) is 10.5 Å². The van der Waals surface area contributed by atoms with Gasteiger partial charge in [0, 0.05) is 11.5 Å². The molecular formula is C16H23NO. The van der Waals surface area contributed by atoms with Crippen LogP contribution in [-0.4, -0.2) is 11.6 Å². The van der Waals surface area contributed by atoms with Crippen molar-refractivity contribution in [2.75, 3.05) is 0 Å². The topological polar surface area (TPSA) is 35.2 Å². The zero-order chi connectivity index (χ0) is 13.0. The molecular weight excluding hydrogens is 222 g/mol. The molecule has 0 saturated heterocycles. The second kappa shape index (κ2) is 3.74. The fourth-order valence-corrected chi connectivity index (χ4v) is 3.09. The highest BCUT2D eigenvalue weighted by molar-refractivity contribution is 5.45. The van der Waals surface area contributed by atoms with Crippen LogP contribution in [0.25, 0.3) is 0 Å². The summed E-state index contributed by atoms with van der Waals surface area (Å²) in [6, 6.07) is 6.97. The second-order valence-electron chi connectivity index (χ2n) is 6.63. The van der Waals surface area contributed by atoms with Gasteiger partial charge in [-0.2, -0.15) is 0 Å². The lowest BCUT2D eigenvalue weighted by Gasteiger charge is -2.33. The zero-order valence-corrected chi connectivity index (χ0v) is 11.6. The van der Waals surface area contributed by atoms with Crippen molar-refractivity contribution in [1.82, 2.24) is 0 Å². The predicted octanol–water partition coefficient (Wildman–Crippen LogP) is 3.17. The smallest absolute Gasteiger partial charge is 0.123 e. The molecule has 0 radical (unpaired) electrons. The van der Waals surface area contributed by atoms with E-state index in [9.17, 15) is 0 Å². The first-order valence-corrected chi connectivity index (χ1v) is 7.01. The molecule has 0 bridgehead atoms. The molecule has 3 rings (SSSR count). The Hall–Kier alpha value is -1.02. The van der Waals surface area contributed by atoms with E-state index in [0.29, 0.717) is 0 Å². The number of benzene rings is 1. The third kappa shape index (κ3) is 1.83. The summed E-state index contributed by atoms with van der Waals surface area (Å²) in [7, 11) is 0. The SMILES string of the molecule is CC(N)C1(c2ccc3c(c2)OC(C)(C)CC3)CC1. The molecule has 1 fully saturated rings. The highest BCUT2D eigenvalue weighted by Crippen LogP contribution is 2.51. The van der Waals surface area contributed by atoms with Gasteiger partial charge in [-0.05, 0) is 63.6 Å². The monoisotopic (exact) mass is 245 g/mol. The van der Waals surface area contributed by atoms with Gasteiger partial charge in [-0.3, -0.25) is 0 Å². The van der Waals surface area contributed by atoms with E-state index < -0.39 is 0 Å². The van der Waals surface area contributed by atoms with Crippen molar-refractivity contribution < 1.29 is 4.74 Å². The van der Waals surface area contributed by atoms with E-state index in [-0.39, 0.29) is 17.1 Å². The van der Waals surface area contributed by atoms with Gasteiger partial charge in [-0.1, -0.05) is 12.1 Å². The molecule has 2 heteroatoms. The van der Waals surface area contributed by atoms with Crippen molar-refractivity contribution >= 4 is 0 Å². The van der Waals surface area contributed by atoms with Gasteiger partial charge >= 0.3 is 0 Å². The van der Waals surface area contributed by atoms with Crippen molar-refractivity contribution in [3.63, 3.8) is 0 Å². The quantitative estimate of drug-likeness (QED) is 0.868. The first kappa shape index (κ1) is 12.0. The van der Waals surface area contributed by atoms with Gasteiger partial charge in [-0.15, -0.1) is 0 Å². The Morgan fingerprint density at radius 1 is 1.22 bits per heavy atom. The minimum atomic E-state index is -0.0311. The summed E-state index contributed by atoms with van der Waals surface area (Å²) < 4.78 is 6.12. The second-order valence-corrected chi connectivity index (χ2v) is 6.63. The summed E-state index contributed by atoms with van der Waals surface area (Å²) in [6.45, 7) is 6.46. The molecule has 1 unspecified atom stereocenters. The molecule has 0 spiro atoms. The average Bonchev–Trinajstić information content (AvgIpc) is 3.07. The Kier molecular flexibility index (Phi) is 2.50. The molecule has 1 atom stereocenters. The van der Waals surface area contributed by atoms with Crippen LogP contribution >= 0.6 is 0 Å². The third-order valence-electron chi connectivity index (χ3n) is 4.69. The van der Waals surface area contributed by atoms with E-state index in [0.717, 1.165) is 18.6 Å². The average molecular weight is 245 g/mol. The third-order valence-corrected chi connectivity index (χ3v) is 4.69. The summed E-state index contributed by atoms with van der Waals surface area (Å²) in [5.74, 6) is 1.08. The maximum absolute atomic E-state index is 6.15. The first-order chi connectivity index (χ1) is 8.43. The van der Waals surface area contributed by atoms with Crippen molar-refractivity contribution in [3.05, 3.63) is 29.3 Å². The molecule has 1 aliphatic carbocycles. The first-order valence-electron chi connectivity index (χ1n) is 7.01. The van der Waals surface area contributed by atoms with Gasteiger partial charge in [0.2, 0.25) is 0 Å². The van der Waals surface area contributed by atoms with Crippen LogP contribution in [-0.2, 0) is 11.8 Å². The standard InChI is InChI=1S/C16H23NO/c1-11(17)16(8-9-16)13-5-4-12-6-7-15(2,3)18-14(12)10-13/h4-5,10-11H,6-9,17H2,1-3H3. The number of hydrogen-bond acceptors (Lipinski definition) is 2. The summed E-state index contributed by atoms with van der Waals surface area (Å²) in [5, 5.41) is 0. The van der Waals surface area contributed by atoms with Gasteiger partial charge < -0.3 is 10.5 Å². The number of nitrogens with two attached hydrogens (primary N) is 1. The van der Waals surface area contributed by atoms with Crippen LogP contribution in [0.5, 0.6) is 5.75 Å². The van der Waals surface area contributed by atoms with E-state index in [2.05, 4.69) is 39.0 Å². The summed E-state index contributed by atoms with van der Waals surface area (Å²) in [6.07, 6.45) is 4.64. The summed E-state index contributed by atoms with van der Waals surface area (Å²) in [5.41, 5.74) is 9.06. The molecule has 18 heavy (non-hydrogen) atoms. The van der Waals surface area contributed by atoms with E-state index >= 15 is 0 Å². The lowest BCUT2D eigenvalue weighted by molar-refractivity contribution is 0.0845. The van der Waals surface area contributed by atoms with Gasteiger partial charge in [0.25, 0.3) is 0 Å². The Morgan fingerprint density at radius 3 is 2.56 bits per heavy atom. The van der Waals surface area contributed by atoms with Gasteiger partial charge in [0.15, 0.2) is 0 Å². The minimum Gasteiger partial charge on any atom is -0.488 e. The lowest BCUT2D eigenvalue weighted by atomic mass is 9.86. The van der Waals surface area contributed by atoms with Crippen LogP contribution in [0.3, 0.4) is 0 Å². The minimum absolute atomic E-state index is 0.0311. The Balaban J connectivity index is 1.96. The van der Waals surface area contributed by atoms with Crippen LogP contribution in [0.2, 0.25) is 0 Å². The molecule has 0 amide bonds. The maximum Gasteiger partial charge on any atom is 0.123 e. The molecule has 2 nitrogen and oxygen atoms in total. The summed E-state index contributed by atoms with van der Waals surface area (Å²) in [4.78, 5) is 0. The molecule has 1 aliphatic heterocycles. The van der Waals surface area contributed by atoms with Crippen molar-refractivity contribution in [1.29, 1.82) is 0 Å². The number of ether oxygens (including phenoxy) is 1. The van der Waals surface area contributed by atoms with Gasteiger partial charge in [0.05, 0.1) is 0 Å². The van der Waals surface area contributed by atoms with E-state index in [1.165, 1.54) is 24.0 Å². The Labute approximate surface area is 110 Å². The number of aryl methyl sites for hydroxylation is 1. The fourth-order valence-electron chi connectivity index (χ4n) is 3.09. The number of hydrogen-bond donors (Lipinski definition) is 1. The van der Waals surface area contributed by atoms with E-state index in [1.54, 1.807) is 0 Å². The van der Waals surface area contributed by atoms with E-state index in [1.807, 2.05) is 0 Å². The van der Waals surface area contributed by atoms with Gasteiger partial charge in [0.1, 0.15) is 11.4 Å². The van der Waals surface area contributed by atoms with Crippen LogP contribution in [0.1, 0.15) is 51.2 Å². The van der Waals surface area contributed by atoms with Crippen LogP contribution in [0.4, 0.5) is 0 Å². The van der Waals surface area contributed by atoms with Gasteiger partial charge in [-0.25, -0.2) is 0 Å². The Morgan fingerprint density at radius 2 is 1.94 bits per heavy atom. The normalized spacial score (nSPS) is 24.9. The lowest BCUT2D eigenvalue weighted by Crippen LogP contribution is -2.34. The highest BCUT2D eigenvalue weighted by Gasteiger charge is 2.47. The molecule has 2 aliphatic rings. The van der Waals surface area contributed by atoms with Crippen molar-refractivity contribution in [2.24, 2.45) is 5.73 Å². The molecule has 1 aromatic rings. The zero-order valence-electron chi connectivity index (χ0n) is 11.6. The van der Waals surface area contributed by atoms with Crippen LogP contribution in [0, 0.1) is 0 Å². The summed E-state index contributed by atoms with van der Waals surface area (Å²) >= 11 is 0. The number of rotatable bonds is 2. The largest absolute Gasteiger partial charge is 0.488 e. The fraction of sp³-hybridized carbons (Fsp3) is 0.625. The highest BCUT2D eigenvalue weighted by atomic mass is 16.5. The maximum atomic E-state index is 6.15. The molecule has 1 aromatic carbocycles. The van der Waals surface area contributed by atoms with Crippen molar-refractivity contribution in [2.45, 2.75) is 63.5 Å². The molecule has 2 N–H and O–H groups in total. The van der Waals surface area contributed by atoms with Crippen molar-refractivity contribution in [3.8, 4) is 5.75 Å². The van der Waals surface area contributed by atoms with Crippen LogP contribution in [0.15, 0.2) is 18.2 Å². The molecule has 1 saturated carbocycles. The predicted molar refractivity (Wildman–Crippen MR) is 74.0 cm³/mol. The number of fused-ring (bicyclic) bond motifs is 1. The molecule has 0 aromatic heterocycles. The molecule has 98 valence electrons.